The standard InChI is InChI=1S/C16H16N8OS/c1-23-14(19-21-22-23)12-7-9-24(10-8-12)16(25)18-15-17-13(20-26-15)11-5-3-2-4-6-11/h2-7H,8-10H2,1H3,(H,17,18,20,25). The van der Waals surface area contributed by atoms with Gasteiger partial charge in [0.05, 0.1) is 0 Å². The first-order valence-electron chi connectivity index (χ1n) is 8.07. The van der Waals surface area contributed by atoms with Crippen LogP contribution in [0.2, 0.25) is 0 Å². The Morgan fingerprint density at radius 2 is 2.12 bits per heavy atom. The van der Waals surface area contributed by atoms with Crippen molar-refractivity contribution in [2.45, 2.75) is 6.42 Å². The summed E-state index contributed by atoms with van der Waals surface area (Å²) in [7, 11) is 1.80. The molecular formula is C16H16N8OS. The van der Waals surface area contributed by atoms with Crippen molar-refractivity contribution in [1.82, 2.24) is 34.5 Å². The lowest BCUT2D eigenvalue weighted by atomic mass is 10.1. The summed E-state index contributed by atoms with van der Waals surface area (Å²) in [6.07, 6.45) is 2.68. The third-order valence-corrected chi connectivity index (χ3v) is 4.71. The predicted molar refractivity (Wildman–Crippen MR) is 97.3 cm³/mol. The SMILES string of the molecule is Cn1nnnc1C1=CCN(C(=O)Nc2nc(-c3ccccc3)ns2)CC1. The molecule has 1 aliphatic heterocycles. The van der Waals surface area contributed by atoms with Crippen LogP contribution in [0.25, 0.3) is 17.0 Å². The summed E-state index contributed by atoms with van der Waals surface area (Å²) in [5, 5.41) is 14.8. The highest BCUT2D eigenvalue weighted by Gasteiger charge is 2.21. The molecule has 1 aromatic carbocycles. The van der Waals surface area contributed by atoms with Crippen molar-refractivity contribution in [3.63, 3.8) is 0 Å². The minimum Gasteiger partial charge on any atom is -0.320 e. The smallest absolute Gasteiger partial charge is 0.320 e. The maximum atomic E-state index is 12.5. The van der Waals surface area contributed by atoms with Gasteiger partial charge in [-0.2, -0.15) is 9.36 Å². The van der Waals surface area contributed by atoms with Crippen LogP contribution < -0.4 is 5.32 Å². The van der Waals surface area contributed by atoms with Gasteiger partial charge in [-0.15, -0.1) is 5.10 Å². The van der Waals surface area contributed by atoms with E-state index in [9.17, 15) is 4.79 Å². The number of aromatic nitrogens is 6. The van der Waals surface area contributed by atoms with Gasteiger partial charge in [-0.05, 0) is 22.4 Å². The van der Waals surface area contributed by atoms with E-state index in [0.717, 1.165) is 17.0 Å². The second kappa shape index (κ2) is 7.00. The third kappa shape index (κ3) is 3.31. The lowest BCUT2D eigenvalue weighted by Crippen LogP contribution is -2.38. The van der Waals surface area contributed by atoms with Crippen LogP contribution >= 0.6 is 11.5 Å². The molecule has 0 unspecified atom stereocenters. The van der Waals surface area contributed by atoms with Crippen LogP contribution in [-0.4, -0.2) is 53.6 Å². The number of urea groups is 1. The van der Waals surface area contributed by atoms with E-state index >= 15 is 0 Å². The van der Waals surface area contributed by atoms with Gasteiger partial charge < -0.3 is 4.90 Å². The van der Waals surface area contributed by atoms with Crippen LogP contribution in [0.4, 0.5) is 9.93 Å². The number of hydrogen-bond donors (Lipinski definition) is 1. The molecule has 0 fully saturated rings. The van der Waals surface area contributed by atoms with Gasteiger partial charge in [0.1, 0.15) is 0 Å². The minimum atomic E-state index is -0.188. The zero-order valence-corrected chi connectivity index (χ0v) is 14.8. The fraction of sp³-hybridized carbons (Fsp3) is 0.250. The first-order valence-corrected chi connectivity index (χ1v) is 8.85. The Morgan fingerprint density at radius 1 is 1.27 bits per heavy atom. The lowest BCUT2D eigenvalue weighted by Gasteiger charge is -2.25. The molecular weight excluding hydrogens is 352 g/mol. The average Bonchev–Trinajstić information content (AvgIpc) is 3.32. The fourth-order valence-corrected chi connectivity index (χ4v) is 3.29. The normalized spacial score (nSPS) is 14.2. The highest BCUT2D eigenvalue weighted by atomic mass is 32.1. The summed E-state index contributed by atoms with van der Waals surface area (Å²) in [5.74, 6) is 1.35. The van der Waals surface area contributed by atoms with Gasteiger partial charge in [-0.1, -0.05) is 36.4 Å². The van der Waals surface area contributed by atoms with Crippen molar-refractivity contribution >= 4 is 28.3 Å². The molecule has 0 radical (unpaired) electrons. The molecule has 1 N–H and O–H groups in total. The number of carbonyl (C=O) groups excluding carboxylic acids is 1. The Hall–Kier alpha value is -3.14. The molecule has 3 heterocycles. The second-order valence-corrected chi connectivity index (χ2v) is 6.52. The van der Waals surface area contributed by atoms with Crippen molar-refractivity contribution < 1.29 is 4.79 Å². The van der Waals surface area contributed by atoms with Gasteiger partial charge in [0.25, 0.3) is 0 Å². The lowest BCUT2D eigenvalue weighted by molar-refractivity contribution is 0.217. The van der Waals surface area contributed by atoms with Crippen molar-refractivity contribution in [3.05, 3.63) is 42.2 Å². The van der Waals surface area contributed by atoms with Gasteiger partial charge in [0.15, 0.2) is 11.6 Å². The van der Waals surface area contributed by atoms with Crippen molar-refractivity contribution in [2.75, 3.05) is 18.4 Å². The molecule has 0 saturated carbocycles. The number of benzene rings is 1. The number of nitrogens with zero attached hydrogens (tertiary/aromatic N) is 7. The maximum Gasteiger partial charge on any atom is 0.323 e. The predicted octanol–water partition coefficient (Wildman–Crippen LogP) is 2.05. The van der Waals surface area contributed by atoms with Gasteiger partial charge in [0.2, 0.25) is 5.13 Å². The Balaban J connectivity index is 1.40. The quantitative estimate of drug-likeness (QED) is 0.759. The van der Waals surface area contributed by atoms with Crippen molar-refractivity contribution in [1.29, 1.82) is 0 Å². The average molecular weight is 368 g/mol. The second-order valence-electron chi connectivity index (χ2n) is 5.77. The van der Waals surface area contributed by atoms with E-state index in [0.29, 0.717) is 30.5 Å². The number of nitrogens with one attached hydrogen (secondary N) is 1. The molecule has 2 aromatic heterocycles. The van der Waals surface area contributed by atoms with E-state index in [4.69, 9.17) is 0 Å². The molecule has 1 aliphatic rings. The topological polar surface area (TPSA) is 102 Å². The molecule has 0 aliphatic carbocycles. The summed E-state index contributed by atoms with van der Waals surface area (Å²) in [5.41, 5.74) is 1.97. The van der Waals surface area contributed by atoms with Crippen LogP contribution in [0.5, 0.6) is 0 Å². The zero-order valence-electron chi connectivity index (χ0n) is 14.0. The number of hydrogen-bond acceptors (Lipinski definition) is 7. The molecule has 10 heteroatoms. The molecule has 26 heavy (non-hydrogen) atoms. The molecule has 0 saturated heterocycles. The Morgan fingerprint density at radius 3 is 2.81 bits per heavy atom. The first-order chi connectivity index (χ1) is 12.7. The molecule has 9 nitrogen and oxygen atoms in total. The molecule has 4 rings (SSSR count). The van der Waals surface area contributed by atoms with Gasteiger partial charge in [0, 0.05) is 37.2 Å². The van der Waals surface area contributed by atoms with E-state index in [2.05, 4.69) is 30.2 Å². The number of rotatable bonds is 3. The number of anilines is 1. The summed E-state index contributed by atoms with van der Waals surface area (Å²) >= 11 is 1.17. The largest absolute Gasteiger partial charge is 0.323 e. The van der Waals surface area contributed by atoms with Crippen LogP contribution in [0.15, 0.2) is 36.4 Å². The molecule has 132 valence electrons. The van der Waals surface area contributed by atoms with Gasteiger partial charge in [-0.3, -0.25) is 5.32 Å². The zero-order chi connectivity index (χ0) is 17.9. The van der Waals surface area contributed by atoms with Crippen LogP contribution in [-0.2, 0) is 7.05 Å². The van der Waals surface area contributed by atoms with Crippen molar-refractivity contribution in [3.8, 4) is 11.4 Å². The van der Waals surface area contributed by atoms with Crippen LogP contribution in [0.1, 0.15) is 12.2 Å². The van der Waals surface area contributed by atoms with Crippen LogP contribution in [0, 0.1) is 0 Å². The monoisotopic (exact) mass is 368 g/mol. The summed E-state index contributed by atoms with van der Waals surface area (Å²) < 4.78 is 5.93. The number of tetrazole rings is 1. The summed E-state index contributed by atoms with van der Waals surface area (Å²) in [6.45, 7) is 1.09. The van der Waals surface area contributed by atoms with E-state index in [1.807, 2.05) is 36.4 Å². The highest BCUT2D eigenvalue weighted by molar-refractivity contribution is 7.10. The van der Waals surface area contributed by atoms with E-state index < -0.39 is 0 Å². The van der Waals surface area contributed by atoms with Gasteiger partial charge >= 0.3 is 6.03 Å². The number of carbonyl (C=O) groups is 1. The number of aryl methyl sites for hydroxylation is 1. The van der Waals surface area contributed by atoms with E-state index in [1.165, 1.54) is 11.5 Å². The molecule has 2 amide bonds. The molecule has 3 aromatic rings. The van der Waals surface area contributed by atoms with E-state index in [1.54, 1.807) is 16.6 Å². The fourth-order valence-electron chi connectivity index (χ4n) is 2.71. The molecule has 0 bridgehead atoms. The van der Waals surface area contributed by atoms with Crippen molar-refractivity contribution in [2.24, 2.45) is 7.05 Å². The number of amides is 2. The first kappa shape index (κ1) is 16.3. The van der Waals surface area contributed by atoms with Crippen LogP contribution in [0.3, 0.4) is 0 Å². The Labute approximate surface area is 153 Å². The third-order valence-electron chi connectivity index (χ3n) is 4.08. The maximum absolute atomic E-state index is 12.5. The molecule has 0 atom stereocenters. The molecule has 0 spiro atoms. The summed E-state index contributed by atoms with van der Waals surface area (Å²) in [4.78, 5) is 18.6. The minimum absolute atomic E-state index is 0.188. The summed E-state index contributed by atoms with van der Waals surface area (Å²) in [6, 6.07) is 9.48. The van der Waals surface area contributed by atoms with Gasteiger partial charge in [-0.25, -0.2) is 9.48 Å². The Kier molecular flexibility index (Phi) is 4.40. The van der Waals surface area contributed by atoms with E-state index in [-0.39, 0.29) is 6.03 Å². The highest BCUT2D eigenvalue weighted by Crippen LogP contribution is 2.22. The Bertz CT molecular complexity index is 948.